The van der Waals surface area contributed by atoms with Crippen LogP contribution in [0.3, 0.4) is 0 Å². The number of carbonyl (C=O) groups excluding carboxylic acids is 1. The Bertz CT molecular complexity index is 517. The van der Waals surface area contributed by atoms with Crippen molar-refractivity contribution in [3.63, 3.8) is 0 Å². The Morgan fingerprint density at radius 2 is 2.18 bits per heavy atom. The lowest BCUT2D eigenvalue weighted by Crippen LogP contribution is -2.23. The van der Waals surface area contributed by atoms with Gasteiger partial charge in [-0.2, -0.15) is 0 Å². The Morgan fingerprint density at radius 1 is 1.41 bits per heavy atom. The summed E-state index contributed by atoms with van der Waals surface area (Å²) in [4.78, 5) is 16.4. The normalized spacial score (nSPS) is 19.9. The molecule has 0 amide bonds. The van der Waals surface area contributed by atoms with E-state index in [1.807, 2.05) is 38.1 Å². The average Bonchev–Trinajstić information content (AvgIpc) is 2.28. The van der Waals surface area contributed by atoms with Crippen LogP contribution in [0.4, 0.5) is 0 Å². The molecule has 17 heavy (non-hydrogen) atoms. The largest absolute Gasteiger partial charge is 0.294 e. The van der Waals surface area contributed by atoms with Gasteiger partial charge in [-0.05, 0) is 25.5 Å². The lowest BCUT2D eigenvalue weighted by Gasteiger charge is -2.17. The molecule has 0 saturated carbocycles. The smallest absolute Gasteiger partial charge is 0.166 e. The Kier molecular flexibility index (Phi) is 3.43. The molecule has 1 aromatic carbocycles. The number of nitrogens with zero attached hydrogens (tertiary/aromatic N) is 1. The zero-order valence-corrected chi connectivity index (χ0v) is 10.7. The molecule has 0 fully saturated rings. The molecule has 2 nitrogen and oxygen atoms in total. The topological polar surface area (TPSA) is 29.4 Å². The van der Waals surface area contributed by atoms with Crippen molar-refractivity contribution in [3.05, 3.63) is 40.9 Å². The quantitative estimate of drug-likeness (QED) is 0.783. The van der Waals surface area contributed by atoms with Crippen LogP contribution in [0.15, 0.2) is 35.3 Å². The third kappa shape index (κ3) is 2.47. The molecule has 0 aliphatic carbocycles. The van der Waals surface area contributed by atoms with Gasteiger partial charge in [0.2, 0.25) is 0 Å². The van der Waals surface area contributed by atoms with E-state index < -0.39 is 0 Å². The van der Waals surface area contributed by atoms with Crippen LogP contribution in [0, 0.1) is 5.92 Å². The van der Waals surface area contributed by atoms with E-state index in [1.165, 1.54) is 0 Å². The molecule has 0 bridgehead atoms. The van der Waals surface area contributed by atoms with Crippen molar-refractivity contribution in [1.29, 1.82) is 0 Å². The van der Waals surface area contributed by atoms with E-state index in [0.717, 1.165) is 17.7 Å². The number of hydrogen-bond acceptors (Lipinski definition) is 2. The summed E-state index contributed by atoms with van der Waals surface area (Å²) in [7, 11) is 0. The van der Waals surface area contributed by atoms with Crippen LogP contribution in [0.1, 0.15) is 25.8 Å². The molecule has 1 heterocycles. The van der Waals surface area contributed by atoms with E-state index in [1.54, 1.807) is 6.08 Å². The third-order valence-corrected chi connectivity index (χ3v) is 3.19. The number of carbonyl (C=O) groups is 1. The first-order valence-corrected chi connectivity index (χ1v) is 6.06. The Hall–Kier alpha value is -1.41. The number of hydrogen-bond donors (Lipinski definition) is 0. The summed E-state index contributed by atoms with van der Waals surface area (Å²) in [5.74, 6) is 0.0768. The summed E-state index contributed by atoms with van der Waals surface area (Å²) in [5.41, 5.74) is 2.48. The molecule has 1 atom stereocenters. The third-order valence-electron chi connectivity index (χ3n) is 2.95. The summed E-state index contributed by atoms with van der Waals surface area (Å²) in [6, 6.07) is 7.40. The van der Waals surface area contributed by atoms with Crippen molar-refractivity contribution in [2.45, 2.75) is 20.3 Å². The summed E-state index contributed by atoms with van der Waals surface area (Å²) in [6.07, 6.45) is 2.42. The van der Waals surface area contributed by atoms with Gasteiger partial charge in [-0.3, -0.25) is 9.79 Å². The van der Waals surface area contributed by atoms with Crippen LogP contribution in [0.25, 0.3) is 5.70 Å². The van der Waals surface area contributed by atoms with Crippen LogP contribution in [-0.4, -0.2) is 11.5 Å². The van der Waals surface area contributed by atoms with Crippen molar-refractivity contribution >= 4 is 28.8 Å². The highest BCUT2D eigenvalue weighted by Gasteiger charge is 2.22. The second-order valence-electron chi connectivity index (χ2n) is 4.16. The van der Waals surface area contributed by atoms with Crippen molar-refractivity contribution in [1.82, 2.24) is 0 Å². The number of allylic oxidation sites excluding steroid dienone is 1. The lowest BCUT2D eigenvalue weighted by molar-refractivity contribution is -0.116. The second kappa shape index (κ2) is 4.84. The maximum Gasteiger partial charge on any atom is 0.166 e. The minimum atomic E-state index is -0.0575. The molecule has 1 unspecified atom stereocenters. The molecule has 0 N–H and O–H groups in total. The van der Waals surface area contributed by atoms with E-state index >= 15 is 0 Å². The van der Waals surface area contributed by atoms with Crippen molar-refractivity contribution < 1.29 is 4.79 Å². The molecule has 88 valence electrons. The maximum atomic E-state index is 11.9. The summed E-state index contributed by atoms with van der Waals surface area (Å²) in [5, 5.41) is 0.654. The highest BCUT2D eigenvalue weighted by Crippen LogP contribution is 2.25. The van der Waals surface area contributed by atoms with Gasteiger partial charge in [0.05, 0.1) is 11.6 Å². The molecule has 0 aromatic heterocycles. The molecule has 0 radical (unpaired) electrons. The fourth-order valence-corrected chi connectivity index (χ4v) is 2.22. The van der Waals surface area contributed by atoms with Gasteiger partial charge in [-0.15, -0.1) is 0 Å². The molecule has 0 saturated heterocycles. The first kappa shape index (κ1) is 12.1. The average molecular weight is 248 g/mol. The highest BCUT2D eigenvalue weighted by molar-refractivity contribution is 6.30. The minimum absolute atomic E-state index is 0.0575. The fraction of sp³-hybridized carbons (Fsp3) is 0.286. The van der Waals surface area contributed by atoms with Crippen molar-refractivity contribution in [2.24, 2.45) is 10.9 Å². The maximum absolute atomic E-state index is 11.9. The predicted molar refractivity (Wildman–Crippen MR) is 71.3 cm³/mol. The molecule has 1 aliphatic heterocycles. The Labute approximate surface area is 106 Å². The number of halogens is 1. The Morgan fingerprint density at radius 3 is 2.76 bits per heavy atom. The SMILES string of the molecule is CCC1C(=O)C=C(c2cccc(Cl)c2)N=C1C. The van der Waals surface area contributed by atoms with Crippen molar-refractivity contribution in [3.8, 4) is 0 Å². The molecular weight excluding hydrogens is 234 g/mol. The fourth-order valence-electron chi connectivity index (χ4n) is 2.03. The standard InChI is InChI=1S/C14H14ClNO/c1-3-12-9(2)16-13(8-14(12)17)10-5-4-6-11(15)7-10/h4-8,12H,3H2,1-2H3. The van der Waals surface area contributed by atoms with Gasteiger partial charge in [0.15, 0.2) is 5.78 Å². The van der Waals surface area contributed by atoms with E-state index in [0.29, 0.717) is 10.7 Å². The number of benzene rings is 1. The first-order chi connectivity index (χ1) is 8.11. The summed E-state index contributed by atoms with van der Waals surface area (Å²) >= 11 is 5.93. The van der Waals surface area contributed by atoms with Gasteiger partial charge in [-0.25, -0.2) is 0 Å². The number of rotatable bonds is 2. The van der Waals surface area contributed by atoms with Crippen LogP contribution < -0.4 is 0 Å². The zero-order valence-electron chi connectivity index (χ0n) is 9.90. The van der Waals surface area contributed by atoms with E-state index in [9.17, 15) is 4.79 Å². The molecule has 1 aromatic rings. The van der Waals surface area contributed by atoms with E-state index in [4.69, 9.17) is 11.6 Å². The summed E-state index contributed by atoms with van der Waals surface area (Å²) in [6.45, 7) is 3.91. The lowest BCUT2D eigenvalue weighted by atomic mass is 9.92. The second-order valence-corrected chi connectivity index (χ2v) is 4.59. The van der Waals surface area contributed by atoms with Crippen LogP contribution in [0.2, 0.25) is 5.02 Å². The van der Waals surface area contributed by atoms with Gasteiger partial charge in [-0.1, -0.05) is 30.7 Å². The van der Waals surface area contributed by atoms with Gasteiger partial charge >= 0.3 is 0 Å². The predicted octanol–water partition coefficient (Wildman–Crippen LogP) is 3.75. The van der Waals surface area contributed by atoms with Crippen molar-refractivity contribution in [2.75, 3.05) is 0 Å². The molecular formula is C14H14ClNO. The Balaban J connectivity index is 2.39. The molecule has 2 rings (SSSR count). The zero-order chi connectivity index (χ0) is 12.4. The summed E-state index contributed by atoms with van der Waals surface area (Å²) < 4.78 is 0. The van der Waals surface area contributed by atoms with Gasteiger partial charge in [0.25, 0.3) is 0 Å². The van der Waals surface area contributed by atoms with Crippen LogP contribution in [-0.2, 0) is 4.79 Å². The molecule has 1 aliphatic rings. The molecule has 0 spiro atoms. The number of ketones is 1. The van der Waals surface area contributed by atoms with Gasteiger partial charge < -0.3 is 0 Å². The van der Waals surface area contributed by atoms with Gasteiger partial charge in [0.1, 0.15) is 0 Å². The van der Waals surface area contributed by atoms with E-state index in [-0.39, 0.29) is 11.7 Å². The molecule has 3 heteroatoms. The highest BCUT2D eigenvalue weighted by atomic mass is 35.5. The van der Waals surface area contributed by atoms with E-state index in [2.05, 4.69) is 4.99 Å². The van der Waals surface area contributed by atoms with Gasteiger partial charge in [0, 0.05) is 22.4 Å². The monoisotopic (exact) mass is 247 g/mol. The first-order valence-electron chi connectivity index (χ1n) is 5.68. The minimum Gasteiger partial charge on any atom is -0.294 e. The van der Waals surface area contributed by atoms with Crippen LogP contribution in [0.5, 0.6) is 0 Å². The van der Waals surface area contributed by atoms with Crippen LogP contribution >= 0.6 is 11.6 Å². The number of aliphatic imine (C=N–C) groups is 1.